The third-order valence-corrected chi connectivity index (χ3v) is 3.75. The largest absolute Gasteiger partial charge is 0.494 e. The lowest BCUT2D eigenvalue weighted by Crippen LogP contribution is -2.44. The third kappa shape index (κ3) is 4.09. The lowest BCUT2D eigenvalue weighted by molar-refractivity contribution is -0.0725. The van der Waals surface area contributed by atoms with E-state index in [1.807, 2.05) is 31.2 Å². The number of benzene rings is 1. The van der Waals surface area contributed by atoms with Crippen LogP contribution in [0.25, 0.3) is 11.4 Å². The fourth-order valence-electron chi connectivity index (χ4n) is 2.91. The van der Waals surface area contributed by atoms with E-state index in [-0.39, 0.29) is 12.2 Å². The molecule has 1 fully saturated rings. The van der Waals surface area contributed by atoms with Crippen LogP contribution < -0.4 is 4.74 Å². The van der Waals surface area contributed by atoms with E-state index in [1.165, 1.54) is 0 Å². The second-order valence-corrected chi connectivity index (χ2v) is 5.92. The molecule has 0 spiro atoms. The molecule has 2 atom stereocenters. The number of morpholine rings is 1. The number of aromatic nitrogens is 2. The van der Waals surface area contributed by atoms with Gasteiger partial charge in [-0.2, -0.15) is 4.98 Å². The molecule has 1 aromatic carbocycles. The van der Waals surface area contributed by atoms with Gasteiger partial charge in [0.15, 0.2) is 0 Å². The molecule has 0 unspecified atom stereocenters. The van der Waals surface area contributed by atoms with E-state index >= 15 is 0 Å². The summed E-state index contributed by atoms with van der Waals surface area (Å²) in [7, 11) is 0. The van der Waals surface area contributed by atoms with E-state index in [2.05, 4.69) is 28.9 Å². The van der Waals surface area contributed by atoms with Crippen molar-refractivity contribution in [2.45, 2.75) is 39.5 Å². The standard InChI is InChI=1S/C17H23N3O3/c1-4-21-15-7-5-14(6-8-15)17-18-16(23-19-17)11-20-9-12(2)22-13(3)10-20/h5-8,12-13H,4,9-11H2,1-3H3/t12-,13-/m1/s1. The highest BCUT2D eigenvalue weighted by Gasteiger charge is 2.23. The first-order chi connectivity index (χ1) is 11.1. The van der Waals surface area contributed by atoms with Gasteiger partial charge in [-0.15, -0.1) is 0 Å². The first-order valence-electron chi connectivity index (χ1n) is 8.07. The van der Waals surface area contributed by atoms with E-state index in [9.17, 15) is 0 Å². The van der Waals surface area contributed by atoms with Crippen molar-refractivity contribution >= 4 is 0 Å². The zero-order chi connectivity index (χ0) is 16.2. The first-order valence-corrected chi connectivity index (χ1v) is 8.07. The zero-order valence-electron chi connectivity index (χ0n) is 13.9. The minimum atomic E-state index is 0.229. The van der Waals surface area contributed by atoms with Gasteiger partial charge >= 0.3 is 0 Å². The minimum Gasteiger partial charge on any atom is -0.494 e. The number of nitrogens with zero attached hydrogens (tertiary/aromatic N) is 3. The molecular formula is C17H23N3O3. The maximum atomic E-state index is 5.74. The van der Waals surface area contributed by atoms with Crippen LogP contribution in [0.2, 0.25) is 0 Å². The Morgan fingerprint density at radius 1 is 1.17 bits per heavy atom. The molecule has 6 nitrogen and oxygen atoms in total. The molecule has 3 rings (SSSR count). The van der Waals surface area contributed by atoms with Crippen molar-refractivity contribution in [3.8, 4) is 17.1 Å². The molecule has 0 amide bonds. The van der Waals surface area contributed by atoms with Crippen molar-refractivity contribution in [1.82, 2.24) is 15.0 Å². The third-order valence-electron chi connectivity index (χ3n) is 3.75. The normalized spacial score (nSPS) is 22.2. The van der Waals surface area contributed by atoms with Crippen LogP contribution in [0.15, 0.2) is 28.8 Å². The predicted molar refractivity (Wildman–Crippen MR) is 86.2 cm³/mol. The average Bonchev–Trinajstić information content (AvgIpc) is 2.96. The topological polar surface area (TPSA) is 60.6 Å². The fraction of sp³-hybridized carbons (Fsp3) is 0.529. The zero-order valence-corrected chi connectivity index (χ0v) is 13.9. The Kier molecular flexibility index (Phi) is 4.93. The Morgan fingerprint density at radius 3 is 2.52 bits per heavy atom. The smallest absolute Gasteiger partial charge is 0.241 e. The van der Waals surface area contributed by atoms with Gasteiger partial charge in [-0.1, -0.05) is 5.16 Å². The quantitative estimate of drug-likeness (QED) is 0.845. The lowest BCUT2D eigenvalue weighted by Gasteiger charge is -2.34. The van der Waals surface area contributed by atoms with Crippen LogP contribution in [-0.4, -0.2) is 46.9 Å². The summed E-state index contributed by atoms with van der Waals surface area (Å²) in [5.74, 6) is 2.09. The number of hydrogen-bond donors (Lipinski definition) is 0. The van der Waals surface area contributed by atoms with Gasteiger partial charge in [0, 0.05) is 18.7 Å². The van der Waals surface area contributed by atoms with E-state index in [1.54, 1.807) is 0 Å². The molecule has 1 aromatic heterocycles. The van der Waals surface area contributed by atoms with E-state index < -0.39 is 0 Å². The molecule has 0 bridgehead atoms. The molecule has 2 heterocycles. The van der Waals surface area contributed by atoms with Gasteiger partial charge in [-0.3, -0.25) is 4.90 Å². The Bertz CT molecular complexity index is 616. The predicted octanol–water partition coefficient (Wildman–Crippen LogP) is 2.74. The summed E-state index contributed by atoms with van der Waals surface area (Å²) >= 11 is 0. The second kappa shape index (κ2) is 7.10. The van der Waals surface area contributed by atoms with Crippen molar-refractivity contribution in [2.24, 2.45) is 0 Å². The van der Waals surface area contributed by atoms with Crippen molar-refractivity contribution in [3.05, 3.63) is 30.2 Å². The van der Waals surface area contributed by atoms with Gasteiger partial charge in [-0.05, 0) is 45.0 Å². The van der Waals surface area contributed by atoms with Crippen molar-refractivity contribution in [1.29, 1.82) is 0 Å². The van der Waals surface area contributed by atoms with Crippen molar-refractivity contribution in [2.75, 3.05) is 19.7 Å². The van der Waals surface area contributed by atoms with Crippen LogP contribution >= 0.6 is 0 Å². The molecule has 23 heavy (non-hydrogen) atoms. The van der Waals surface area contributed by atoms with Crippen molar-refractivity contribution in [3.63, 3.8) is 0 Å². The van der Waals surface area contributed by atoms with Crippen LogP contribution in [-0.2, 0) is 11.3 Å². The average molecular weight is 317 g/mol. The number of rotatable bonds is 5. The van der Waals surface area contributed by atoms with Crippen LogP contribution in [0.3, 0.4) is 0 Å². The number of ether oxygens (including phenoxy) is 2. The van der Waals surface area contributed by atoms with E-state index in [4.69, 9.17) is 14.0 Å². The first kappa shape index (κ1) is 16.0. The molecule has 0 aliphatic carbocycles. The van der Waals surface area contributed by atoms with Crippen LogP contribution in [0, 0.1) is 0 Å². The summed E-state index contributed by atoms with van der Waals surface area (Å²) in [5, 5.41) is 4.08. The molecule has 1 aliphatic heterocycles. The van der Waals surface area contributed by atoms with Gasteiger partial charge in [0.1, 0.15) is 5.75 Å². The maximum absolute atomic E-state index is 5.74. The fourth-order valence-corrected chi connectivity index (χ4v) is 2.91. The summed E-state index contributed by atoms with van der Waals surface area (Å²) in [6.45, 7) is 9.21. The summed E-state index contributed by atoms with van der Waals surface area (Å²) in [6.07, 6.45) is 0.458. The molecule has 1 aliphatic rings. The van der Waals surface area contributed by atoms with Gasteiger partial charge in [-0.25, -0.2) is 0 Å². The second-order valence-electron chi connectivity index (χ2n) is 5.92. The molecule has 6 heteroatoms. The van der Waals surface area contributed by atoms with Gasteiger partial charge in [0.2, 0.25) is 11.7 Å². The SMILES string of the molecule is CCOc1ccc(-c2noc(CN3C[C@@H](C)O[C@H](C)C3)n2)cc1. The molecule has 124 valence electrons. The Morgan fingerprint density at radius 2 is 1.87 bits per heavy atom. The Hall–Kier alpha value is -1.92. The van der Waals surface area contributed by atoms with Crippen LogP contribution in [0.5, 0.6) is 5.75 Å². The summed E-state index contributed by atoms with van der Waals surface area (Å²) in [6, 6.07) is 7.72. The summed E-state index contributed by atoms with van der Waals surface area (Å²) in [5.41, 5.74) is 0.923. The van der Waals surface area contributed by atoms with Crippen LogP contribution in [0.1, 0.15) is 26.7 Å². The van der Waals surface area contributed by atoms with Crippen molar-refractivity contribution < 1.29 is 14.0 Å². The van der Waals surface area contributed by atoms with Crippen LogP contribution in [0.4, 0.5) is 0 Å². The Labute approximate surface area is 136 Å². The molecule has 0 N–H and O–H groups in total. The lowest BCUT2D eigenvalue weighted by atomic mass is 10.2. The highest BCUT2D eigenvalue weighted by Crippen LogP contribution is 2.21. The summed E-state index contributed by atoms with van der Waals surface area (Å²) < 4.78 is 16.6. The molecule has 0 radical (unpaired) electrons. The summed E-state index contributed by atoms with van der Waals surface area (Å²) in [4.78, 5) is 6.79. The monoisotopic (exact) mass is 317 g/mol. The van der Waals surface area contributed by atoms with Gasteiger partial charge < -0.3 is 14.0 Å². The van der Waals surface area contributed by atoms with E-state index in [0.717, 1.165) is 24.4 Å². The molecule has 2 aromatic rings. The molecule has 1 saturated heterocycles. The maximum Gasteiger partial charge on any atom is 0.241 e. The molecular weight excluding hydrogens is 294 g/mol. The Balaban J connectivity index is 1.65. The van der Waals surface area contributed by atoms with Gasteiger partial charge in [0.25, 0.3) is 0 Å². The highest BCUT2D eigenvalue weighted by atomic mass is 16.5. The highest BCUT2D eigenvalue weighted by molar-refractivity contribution is 5.55. The number of hydrogen-bond acceptors (Lipinski definition) is 6. The molecule has 0 saturated carbocycles. The van der Waals surface area contributed by atoms with E-state index in [0.29, 0.717) is 24.9 Å². The van der Waals surface area contributed by atoms with Gasteiger partial charge in [0.05, 0.1) is 25.4 Å². The minimum absolute atomic E-state index is 0.229.